The van der Waals surface area contributed by atoms with Crippen molar-refractivity contribution in [3.8, 4) is 11.5 Å². The molecule has 0 radical (unpaired) electrons. The van der Waals surface area contributed by atoms with Crippen LogP contribution in [0.3, 0.4) is 0 Å². The molecule has 2 aromatic heterocycles. The van der Waals surface area contributed by atoms with Crippen LogP contribution in [0.15, 0.2) is 146 Å². The van der Waals surface area contributed by atoms with Gasteiger partial charge in [0.1, 0.15) is 90.5 Å². The fourth-order valence-electron chi connectivity index (χ4n) is 15.4. The maximum Gasteiger partial charge on any atom is 0.326 e. The van der Waals surface area contributed by atoms with Crippen LogP contribution in [0, 0.1) is 10.8 Å². The number of nitrogens with zero attached hydrogens (tertiary/aromatic N) is 9. The minimum atomic E-state index is -1.53. The molecule has 32 nitrogen and oxygen atoms in total. The average Bonchev–Trinajstić information content (AvgIpc) is 1.66. The van der Waals surface area contributed by atoms with Gasteiger partial charge < -0.3 is 76.9 Å². The van der Waals surface area contributed by atoms with Gasteiger partial charge in [0, 0.05) is 58.2 Å². The second kappa shape index (κ2) is 36.3. The molecule has 117 heavy (non-hydrogen) atoms. The minimum absolute atomic E-state index is 0.0545. The van der Waals surface area contributed by atoms with Gasteiger partial charge in [-0.1, -0.05) is 161 Å². The number of amides is 9. The lowest BCUT2D eigenvalue weighted by atomic mass is 9.85. The van der Waals surface area contributed by atoms with Crippen LogP contribution in [0.2, 0.25) is 0 Å². The number of ether oxygens (including phenoxy) is 2. The van der Waals surface area contributed by atoms with E-state index in [4.69, 9.17) is 9.47 Å². The van der Waals surface area contributed by atoms with E-state index in [1.165, 1.54) is 24.1 Å². The quantitative estimate of drug-likeness (QED) is 0.0684. The molecule has 6 aromatic carbocycles. The highest BCUT2D eigenvalue weighted by Crippen LogP contribution is 2.35. The van der Waals surface area contributed by atoms with Crippen molar-refractivity contribution < 1.29 is 72.4 Å². The molecule has 0 saturated carbocycles. The minimum Gasteiger partial charge on any atom is -0.487 e. The van der Waals surface area contributed by atoms with Crippen molar-refractivity contribution in [2.75, 3.05) is 33.7 Å². The van der Waals surface area contributed by atoms with Crippen LogP contribution in [-0.4, -0.2) is 220 Å². The number of carboxylic acid groups (broad SMARTS) is 2. The van der Waals surface area contributed by atoms with Crippen LogP contribution in [0.1, 0.15) is 127 Å². The predicted molar refractivity (Wildman–Crippen MR) is 430 cm³/mol. The third kappa shape index (κ3) is 20.4. The number of aromatic nitrogens is 6. The number of aliphatic carboxylic acids is 2. The summed E-state index contributed by atoms with van der Waals surface area (Å²) < 4.78 is 15.5. The zero-order chi connectivity index (χ0) is 83.7. The summed E-state index contributed by atoms with van der Waals surface area (Å²) in [6.07, 6.45) is 3.07. The number of carbonyl (C=O) groups excluding carboxylic acids is 9. The Hall–Kier alpha value is -12.2. The fourth-order valence-corrected chi connectivity index (χ4v) is 15.4. The first kappa shape index (κ1) is 84.2. The van der Waals surface area contributed by atoms with E-state index < -0.39 is 154 Å². The molecule has 3 saturated heterocycles. The fraction of sp³-hybridized carbons (Fsp3) is 0.447. The molecule has 15 rings (SSSR count). The Morgan fingerprint density at radius 1 is 0.513 bits per heavy atom. The van der Waals surface area contributed by atoms with Crippen LogP contribution in [-0.2, 0) is 91.6 Å². The average molecular weight is 1600 g/mol. The standard InChI is InChI=1S/C85H103N17O15/c1-48(86-9)73(103)92-71(84(3,4)5)80(110)99-44-60-40-69(99)77(107)88-64(38-52-21-27-54-16-11-13-18-56(54)34-52)75(105)90-66(79(109)98-33-15-20-68(98)83(114)115)36-50-23-29-62(30-24-50)116-46-58-42-102(96-94-58)61-41-70(100(45-61)81(111)72(85(6,7)8)93-74(104)49(2)87-10)78(108)89-65(39-53-22-28-55-17-12-14-19-57(55)35-53)76(106)91-67(82(112)113)37-51-25-31-63(32-26-51)117-47-59-43-101(60)97-95-59/h11-14,16-19,21-32,34-35,42-43,48-49,60-61,64-72,86-87H,15,20,33,36-41,44-47H2,1-10H3,(H,88,107)(H,89,108)(H,90,105)(H,91,106)(H,92,103)(H,93,104)(H,112,113)(H,114,115)/t48-,49-,60-,61-,64-,65-,66-,67-,68-,69-,70-,71+,72+/m0/s1. The molecule has 9 amide bonds. The summed E-state index contributed by atoms with van der Waals surface area (Å²) in [6.45, 7) is 13.6. The van der Waals surface area contributed by atoms with Gasteiger partial charge in [-0.05, 0) is 120 Å². The van der Waals surface area contributed by atoms with Crippen LogP contribution < -0.4 is 52.0 Å². The highest BCUT2D eigenvalue weighted by Gasteiger charge is 2.50. The zero-order valence-corrected chi connectivity index (χ0v) is 67.3. The molecular formula is C85H103N17O15. The van der Waals surface area contributed by atoms with E-state index in [0.29, 0.717) is 51.6 Å². The van der Waals surface area contributed by atoms with Crippen molar-refractivity contribution >= 4 is 86.6 Å². The summed E-state index contributed by atoms with van der Waals surface area (Å²) in [5.41, 5.74) is 1.12. The molecule has 0 aliphatic carbocycles. The maximum atomic E-state index is 15.6. The number of benzene rings is 6. The Morgan fingerprint density at radius 3 is 1.32 bits per heavy atom. The summed E-state index contributed by atoms with van der Waals surface area (Å²) in [4.78, 5) is 165. The lowest BCUT2D eigenvalue weighted by Gasteiger charge is -2.36. The molecule has 0 unspecified atom stereocenters. The highest BCUT2D eigenvalue weighted by atomic mass is 16.5. The van der Waals surface area contributed by atoms with Gasteiger partial charge in [0.15, 0.2) is 0 Å². The van der Waals surface area contributed by atoms with Crippen LogP contribution in [0.4, 0.5) is 0 Å². The van der Waals surface area contributed by atoms with Gasteiger partial charge in [-0.25, -0.2) is 19.0 Å². The number of likely N-dealkylation sites (N-methyl/N-ethyl adjacent to an activating group) is 2. The third-order valence-corrected chi connectivity index (χ3v) is 22.4. The first-order valence-corrected chi connectivity index (χ1v) is 39.5. The molecule has 9 heterocycles. The molecule has 3 fully saturated rings. The molecule has 7 aliphatic heterocycles. The summed E-state index contributed by atoms with van der Waals surface area (Å²) in [5, 5.41) is 65.7. The van der Waals surface area contributed by atoms with Crippen molar-refractivity contribution in [1.29, 1.82) is 0 Å². The van der Waals surface area contributed by atoms with Crippen LogP contribution >= 0.6 is 0 Å². The number of fused-ring (bicyclic) bond motifs is 2. The lowest BCUT2D eigenvalue weighted by molar-refractivity contribution is -0.149. The van der Waals surface area contributed by atoms with Crippen LogP contribution in [0.5, 0.6) is 11.5 Å². The van der Waals surface area contributed by atoms with E-state index in [0.717, 1.165) is 21.5 Å². The van der Waals surface area contributed by atoms with Crippen molar-refractivity contribution in [3.63, 3.8) is 0 Å². The van der Waals surface area contributed by atoms with Crippen molar-refractivity contribution in [2.45, 2.75) is 199 Å². The van der Waals surface area contributed by atoms with Gasteiger partial charge >= 0.3 is 11.9 Å². The zero-order valence-electron chi connectivity index (χ0n) is 67.3. The first-order valence-electron chi connectivity index (χ1n) is 39.5. The van der Waals surface area contributed by atoms with Gasteiger partial charge in [0.2, 0.25) is 53.2 Å². The number of hydrogen-bond donors (Lipinski definition) is 10. The van der Waals surface area contributed by atoms with Gasteiger partial charge in [0.05, 0.1) is 36.6 Å². The van der Waals surface area contributed by atoms with Crippen LogP contribution in [0.25, 0.3) is 21.5 Å². The van der Waals surface area contributed by atoms with Crippen molar-refractivity contribution in [1.82, 2.24) is 87.2 Å². The van der Waals surface area contributed by atoms with Gasteiger partial charge in [-0.2, -0.15) is 0 Å². The third-order valence-electron chi connectivity index (χ3n) is 22.4. The number of hydrogen-bond acceptors (Lipinski definition) is 19. The summed E-state index contributed by atoms with van der Waals surface area (Å²) in [7, 11) is 3.22. The topological polar surface area (TPSA) is 414 Å². The molecule has 7 aliphatic rings. The Morgan fingerprint density at radius 2 is 0.923 bits per heavy atom. The van der Waals surface area contributed by atoms with Crippen molar-refractivity contribution in [3.05, 3.63) is 179 Å². The SMILES string of the molecule is CN[C@@H](C)C(=O)N[C@H](C(=O)N1C[C@@H]2C[C@H]1C(=O)N[C@@H](Cc1ccc3ccccc3c1)C(=O)N[C@H](C(=O)O)Cc1ccc(cc1)OCc1cn(nn1)[C@H]1C[C@@H](C(=O)N[C@@H](Cc3ccc4ccccc4c3)C(=O)N[C@H](C(=O)N3CCC[C@H]3C(=O)O)Cc3ccc(cc3)OCc3cn2nn3)N(C(=O)[C@@H](NC(=O)[C@H](C)NC)C(C)(C)C)C1)C(C)(C)C. The summed E-state index contributed by atoms with van der Waals surface area (Å²) in [5.74, 6) is -7.80. The Bertz CT molecular complexity index is 5000. The van der Waals surface area contributed by atoms with E-state index in [2.05, 4.69) is 63.2 Å². The Balaban J connectivity index is 0.895. The lowest BCUT2D eigenvalue weighted by Crippen LogP contribution is -2.61. The second-order valence-corrected chi connectivity index (χ2v) is 33.0. The number of carbonyl (C=O) groups is 11. The van der Waals surface area contributed by atoms with Gasteiger partial charge in [0.25, 0.3) is 0 Å². The predicted octanol–water partition coefficient (Wildman–Crippen LogP) is 4.28. The van der Waals surface area contributed by atoms with E-state index in [1.807, 2.05) is 84.9 Å². The largest absolute Gasteiger partial charge is 0.487 e. The van der Waals surface area contributed by atoms with Gasteiger partial charge in [-0.3, -0.25) is 43.2 Å². The van der Waals surface area contributed by atoms with E-state index in [-0.39, 0.29) is 77.8 Å². The second-order valence-electron chi connectivity index (χ2n) is 33.0. The van der Waals surface area contributed by atoms with E-state index in [9.17, 15) is 34.2 Å². The molecule has 12 bridgehead atoms. The number of nitrogens with one attached hydrogen (secondary N) is 8. The van der Waals surface area contributed by atoms with E-state index in [1.54, 1.807) is 130 Å². The monoisotopic (exact) mass is 1600 g/mol. The molecular weight excluding hydrogens is 1500 g/mol. The number of rotatable bonds is 15. The highest BCUT2D eigenvalue weighted by molar-refractivity contribution is 5.99. The first-order chi connectivity index (χ1) is 55.8. The Kier molecular flexibility index (Phi) is 26.1. The van der Waals surface area contributed by atoms with Crippen molar-refractivity contribution in [2.24, 2.45) is 10.8 Å². The normalized spacial score (nSPS) is 22.4. The molecule has 32 heteroatoms. The molecule has 8 aromatic rings. The summed E-state index contributed by atoms with van der Waals surface area (Å²) >= 11 is 0. The maximum absolute atomic E-state index is 15.6. The molecule has 618 valence electrons. The Labute approximate surface area is 677 Å². The number of likely N-dealkylation sites (tertiary alicyclic amines) is 3. The summed E-state index contributed by atoms with van der Waals surface area (Å²) in [6, 6.07) is 24.7. The number of carboxylic acids is 2. The molecule has 13 atom stereocenters. The van der Waals surface area contributed by atoms with E-state index >= 15 is 28.8 Å². The molecule has 0 spiro atoms. The molecule has 10 N–H and O–H groups in total. The van der Waals surface area contributed by atoms with Gasteiger partial charge in [-0.15, -0.1) is 10.2 Å². The smallest absolute Gasteiger partial charge is 0.326 e.